The largest absolute Gasteiger partial charge is 0.493 e. The summed E-state index contributed by atoms with van der Waals surface area (Å²) in [5.41, 5.74) is 0.533. The van der Waals surface area contributed by atoms with Crippen LogP contribution in [0.5, 0.6) is 5.75 Å². The second-order valence-corrected chi connectivity index (χ2v) is 5.31. The Morgan fingerprint density at radius 2 is 1.88 bits per heavy atom. The predicted octanol–water partition coefficient (Wildman–Crippen LogP) is 2.33. The van der Waals surface area contributed by atoms with Gasteiger partial charge in [0.25, 0.3) is 11.8 Å². The lowest BCUT2D eigenvalue weighted by atomic mass is 10.00. The van der Waals surface area contributed by atoms with Crippen molar-refractivity contribution in [1.82, 2.24) is 10.2 Å². The zero-order chi connectivity index (χ0) is 17.3. The molecule has 0 aliphatic carbocycles. The number of nitrogens with zero attached hydrogens (tertiary/aromatic N) is 1. The van der Waals surface area contributed by atoms with Crippen LogP contribution in [-0.2, 0) is 9.59 Å². The molecule has 122 valence electrons. The maximum absolute atomic E-state index is 12.3. The Hall–Kier alpha value is -3.15. The fourth-order valence-corrected chi connectivity index (χ4v) is 2.60. The minimum atomic E-state index is -0.731. The first-order valence-electron chi connectivity index (χ1n) is 7.52. The number of ether oxygens (including phenoxy) is 1. The average Bonchev–Trinajstić information content (AvgIpc) is 2.58. The van der Waals surface area contributed by atoms with Crippen molar-refractivity contribution in [2.75, 3.05) is 13.7 Å². The number of barbiturate groups is 1. The molecule has 1 fully saturated rings. The van der Waals surface area contributed by atoms with Crippen LogP contribution in [0.25, 0.3) is 16.8 Å². The summed E-state index contributed by atoms with van der Waals surface area (Å²) < 4.78 is 5.64. The third-order valence-electron chi connectivity index (χ3n) is 3.82. The number of carbonyl (C=O) groups is 3. The van der Waals surface area contributed by atoms with Crippen LogP contribution in [-0.4, -0.2) is 36.4 Å². The van der Waals surface area contributed by atoms with Crippen LogP contribution < -0.4 is 10.1 Å². The van der Waals surface area contributed by atoms with Gasteiger partial charge in [-0.1, -0.05) is 30.3 Å². The molecule has 4 amide bonds. The number of urea groups is 1. The average molecular weight is 324 g/mol. The third kappa shape index (κ3) is 2.62. The SMILES string of the molecule is CCOc1ccc2ccccc2c1/C=C1\C(=O)NC(=O)N(C)C1=O. The minimum Gasteiger partial charge on any atom is -0.493 e. The summed E-state index contributed by atoms with van der Waals surface area (Å²) >= 11 is 0. The summed E-state index contributed by atoms with van der Waals surface area (Å²) in [6, 6.07) is 10.6. The van der Waals surface area contributed by atoms with Gasteiger partial charge in [-0.05, 0) is 29.8 Å². The molecule has 1 heterocycles. The van der Waals surface area contributed by atoms with E-state index in [0.717, 1.165) is 15.7 Å². The molecule has 1 aliphatic rings. The van der Waals surface area contributed by atoms with Crippen molar-refractivity contribution in [1.29, 1.82) is 0 Å². The van der Waals surface area contributed by atoms with E-state index in [-0.39, 0.29) is 5.57 Å². The number of fused-ring (bicyclic) bond motifs is 1. The lowest BCUT2D eigenvalue weighted by molar-refractivity contribution is -0.129. The van der Waals surface area contributed by atoms with Crippen molar-refractivity contribution < 1.29 is 19.1 Å². The van der Waals surface area contributed by atoms with E-state index in [0.29, 0.717) is 17.9 Å². The number of nitrogens with one attached hydrogen (secondary N) is 1. The van der Waals surface area contributed by atoms with E-state index < -0.39 is 17.8 Å². The summed E-state index contributed by atoms with van der Waals surface area (Å²) in [4.78, 5) is 36.8. The Morgan fingerprint density at radius 3 is 2.62 bits per heavy atom. The van der Waals surface area contributed by atoms with E-state index in [2.05, 4.69) is 5.32 Å². The van der Waals surface area contributed by atoms with Gasteiger partial charge in [0.15, 0.2) is 0 Å². The first-order chi connectivity index (χ1) is 11.5. The normalized spacial score (nSPS) is 16.7. The zero-order valence-corrected chi connectivity index (χ0v) is 13.3. The van der Waals surface area contributed by atoms with Crippen LogP contribution in [0.15, 0.2) is 42.0 Å². The van der Waals surface area contributed by atoms with Crippen molar-refractivity contribution in [3.63, 3.8) is 0 Å². The van der Waals surface area contributed by atoms with E-state index >= 15 is 0 Å². The second-order valence-electron chi connectivity index (χ2n) is 5.31. The highest BCUT2D eigenvalue weighted by molar-refractivity contribution is 6.31. The molecule has 6 heteroatoms. The molecule has 0 saturated carbocycles. The number of imide groups is 2. The van der Waals surface area contributed by atoms with Gasteiger partial charge in [-0.2, -0.15) is 0 Å². The molecule has 1 N–H and O–H groups in total. The molecule has 3 rings (SSSR count). The standard InChI is InChI=1S/C18H16N2O4/c1-3-24-15-9-8-11-6-4-5-7-12(11)13(15)10-14-16(21)19-18(23)20(2)17(14)22/h4-10H,3H2,1-2H3,(H,19,21,23)/b14-10+. The number of hydrogen-bond donors (Lipinski definition) is 1. The van der Waals surface area contributed by atoms with Crippen LogP contribution in [0.4, 0.5) is 4.79 Å². The fraction of sp³-hybridized carbons (Fsp3) is 0.167. The molecule has 0 spiro atoms. The Labute approximate surface area is 138 Å². The van der Waals surface area contributed by atoms with Gasteiger partial charge in [0.2, 0.25) is 0 Å². The summed E-state index contributed by atoms with van der Waals surface area (Å²) in [5, 5.41) is 3.96. The number of amides is 4. The monoisotopic (exact) mass is 324 g/mol. The zero-order valence-electron chi connectivity index (χ0n) is 13.3. The summed E-state index contributed by atoms with van der Waals surface area (Å²) in [6.07, 6.45) is 1.48. The minimum absolute atomic E-state index is 0.102. The fourth-order valence-electron chi connectivity index (χ4n) is 2.60. The molecule has 1 saturated heterocycles. The van der Waals surface area contributed by atoms with Gasteiger partial charge < -0.3 is 4.74 Å². The molecule has 0 atom stereocenters. The van der Waals surface area contributed by atoms with E-state index in [1.807, 2.05) is 37.3 Å². The number of benzene rings is 2. The molecule has 0 aromatic heterocycles. The van der Waals surface area contributed by atoms with Crippen LogP contribution >= 0.6 is 0 Å². The Morgan fingerprint density at radius 1 is 1.12 bits per heavy atom. The predicted molar refractivity (Wildman–Crippen MR) is 89.4 cm³/mol. The molecule has 6 nitrogen and oxygen atoms in total. The highest BCUT2D eigenvalue weighted by atomic mass is 16.5. The number of carbonyl (C=O) groups excluding carboxylic acids is 3. The van der Waals surface area contributed by atoms with Crippen molar-refractivity contribution in [3.8, 4) is 5.75 Å². The van der Waals surface area contributed by atoms with E-state index in [9.17, 15) is 14.4 Å². The third-order valence-corrected chi connectivity index (χ3v) is 3.82. The van der Waals surface area contributed by atoms with E-state index in [4.69, 9.17) is 4.74 Å². The maximum atomic E-state index is 12.3. The Bertz CT molecular complexity index is 886. The summed E-state index contributed by atoms with van der Waals surface area (Å²) in [7, 11) is 1.32. The van der Waals surface area contributed by atoms with E-state index in [1.54, 1.807) is 6.07 Å². The quantitative estimate of drug-likeness (QED) is 0.694. The van der Waals surface area contributed by atoms with Gasteiger partial charge in [-0.25, -0.2) is 4.79 Å². The van der Waals surface area contributed by atoms with Gasteiger partial charge in [-0.3, -0.25) is 19.8 Å². The molecule has 0 bridgehead atoms. The Kier molecular flexibility index (Phi) is 4.04. The molecule has 0 unspecified atom stereocenters. The van der Waals surface area contributed by atoms with Crippen molar-refractivity contribution in [2.45, 2.75) is 6.92 Å². The molecule has 0 radical (unpaired) electrons. The van der Waals surface area contributed by atoms with Gasteiger partial charge in [-0.15, -0.1) is 0 Å². The lowest BCUT2D eigenvalue weighted by Gasteiger charge is -2.22. The molecule has 1 aliphatic heterocycles. The molecule has 24 heavy (non-hydrogen) atoms. The first kappa shape index (κ1) is 15.7. The van der Waals surface area contributed by atoms with Crippen LogP contribution in [0.3, 0.4) is 0 Å². The number of likely N-dealkylation sites (N-methyl/N-ethyl adjacent to an activating group) is 1. The number of hydrogen-bond acceptors (Lipinski definition) is 4. The molecular formula is C18H16N2O4. The van der Waals surface area contributed by atoms with Crippen molar-refractivity contribution >= 4 is 34.7 Å². The smallest absolute Gasteiger partial charge is 0.331 e. The summed E-state index contributed by atoms with van der Waals surface area (Å²) in [5.74, 6) is -0.776. The van der Waals surface area contributed by atoms with Gasteiger partial charge >= 0.3 is 6.03 Å². The van der Waals surface area contributed by atoms with Crippen LogP contribution in [0, 0.1) is 0 Å². The highest BCUT2D eigenvalue weighted by Crippen LogP contribution is 2.31. The van der Waals surface area contributed by atoms with Gasteiger partial charge in [0, 0.05) is 12.6 Å². The van der Waals surface area contributed by atoms with Crippen molar-refractivity contribution in [3.05, 3.63) is 47.5 Å². The van der Waals surface area contributed by atoms with Gasteiger partial charge in [0.1, 0.15) is 11.3 Å². The van der Waals surface area contributed by atoms with Crippen LogP contribution in [0.1, 0.15) is 12.5 Å². The van der Waals surface area contributed by atoms with E-state index in [1.165, 1.54) is 13.1 Å². The summed E-state index contributed by atoms with van der Waals surface area (Å²) in [6.45, 7) is 2.31. The second kappa shape index (κ2) is 6.16. The van der Waals surface area contributed by atoms with Crippen molar-refractivity contribution in [2.24, 2.45) is 0 Å². The lowest BCUT2D eigenvalue weighted by Crippen LogP contribution is -2.52. The van der Waals surface area contributed by atoms with Crippen LogP contribution in [0.2, 0.25) is 0 Å². The topological polar surface area (TPSA) is 75.7 Å². The molecule has 2 aromatic rings. The molecule has 2 aromatic carbocycles. The first-order valence-corrected chi connectivity index (χ1v) is 7.52. The highest BCUT2D eigenvalue weighted by Gasteiger charge is 2.33. The maximum Gasteiger partial charge on any atom is 0.331 e. The van der Waals surface area contributed by atoms with Gasteiger partial charge in [0.05, 0.1) is 6.61 Å². The molecular weight excluding hydrogens is 308 g/mol. The Balaban J connectivity index is 2.21. The number of rotatable bonds is 3.